The first-order valence-electron chi connectivity index (χ1n) is 23.1. The second kappa shape index (κ2) is 19.2. The number of nitrogens with zero attached hydrogens (tertiary/aromatic N) is 4. The Balaban J connectivity index is 0.949. The molecule has 1 aliphatic carbocycles. The predicted molar refractivity (Wildman–Crippen MR) is 244 cm³/mol. The summed E-state index contributed by atoms with van der Waals surface area (Å²) < 4.78 is 48.5. The Morgan fingerprint density at radius 2 is 1.80 bits per heavy atom. The molecule has 9 rings (SSSR count). The minimum absolute atomic E-state index is 0.00425. The fourth-order valence-corrected chi connectivity index (χ4v) is 13.2. The number of likely N-dealkylation sites (tertiary alicyclic amines) is 1. The first-order chi connectivity index (χ1) is 31.4. The molecule has 0 bridgehead atoms. The smallest absolute Gasteiger partial charge is 0.355 e. The number of benzene rings is 2. The van der Waals surface area contributed by atoms with Gasteiger partial charge in [-0.3, -0.25) is 33.6 Å². The summed E-state index contributed by atoms with van der Waals surface area (Å²) in [5, 5.41) is 6.23. The van der Waals surface area contributed by atoms with Gasteiger partial charge in [-0.1, -0.05) is 37.3 Å². The van der Waals surface area contributed by atoms with E-state index in [0.29, 0.717) is 66.8 Å². The number of carbonyl (C=O) groups is 4. The fraction of sp³-hybridized carbons (Fsp3) is 0.521. The lowest BCUT2D eigenvalue weighted by Gasteiger charge is -2.42. The summed E-state index contributed by atoms with van der Waals surface area (Å²) in [4.78, 5) is 67.6. The van der Waals surface area contributed by atoms with E-state index >= 15 is 4.39 Å². The Kier molecular flexibility index (Phi) is 13.4. The van der Waals surface area contributed by atoms with E-state index in [9.17, 15) is 23.7 Å². The largest absolute Gasteiger partial charge is 0.465 e. The van der Waals surface area contributed by atoms with Gasteiger partial charge in [0.1, 0.15) is 23.9 Å². The van der Waals surface area contributed by atoms with Crippen LogP contribution in [0, 0.1) is 0 Å². The molecule has 3 amide bonds. The van der Waals surface area contributed by atoms with E-state index in [1.807, 2.05) is 24.1 Å². The van der Waals surface area contributed by atoms with Crippen LogP contribution in [0.5, 0.6) is 5.75 Å². The summed E-state index contributed by atoms with van der Waals surface area (Å²) in [5.41, 5.74) is 0.974. The van der Waals surface area contributed by atoms with Gasteiger partial charge in [0.25, 0.3) is 5.91 Å². The van der Waals surface area contributed by atoms with Gasteiger partial charge in [0.15, 0.2) is 0 Å². The van der Waals surface area contributed by atoms with E-state index in [1.165, 1.54) is 30.4 Å². The number of fused-ring (bicyclic) bond motifs is 2. The van der Waals surface area contributed by atoms with Crippen LogP contribution >= 0.6 is 18.9 Å². The van der Waals surface area contributed by atoms with E-state index in [-0.39, 0.29) is 53.3 Å². The molecule has 0 unspecified atom stereocenters. The number of rotatable bonds is 14. The molecule has 4 aromatic rings. The maximum absolute atomic E-state index is 16.7. The van der Waals surface area contributed by atoms with Crippen LogP contribution in [0.15, 0.2) is 79.1 Å². The van der Waals surface area contributed by atoms with Gasteiger partial charge >= 0.3 is 13.5 Å². The lowest BCUT2D eigenvalue weighted by Crippen LogP contribution is -2.59. The van der Waals surface area contributed by atoms with Crippen LogP contribution in [-0.2, 0) is 28.4 Å². The number of morpholine rings is 1. The van der Waals surface area contributed by atoms with Crippen molar-refractivity contribution in [2.45, 2.75) is 119 Å². The summed E-state index contributed by atoms with van der Waals surface area (Å²) in [7, 11) is -4.47. The second-order valence-corrected chi connectivity index (χ2v) is 21.4. The molecule has 17 heteroatoms. The summed E-state index contributed by atoms with van der Waals surface area (Å²) in [6.45, 7) is 6.90. The molecule has 2 aromatic carbocycles. The number of carbonyl (C=O) groups excluding carboxylic acids is 4. The van der Waals surface area contributed by atoms with Crippen LogP contribution in [-0.4, -0.2) is 119 Å². The highest BCUT2D eigenvalue weighted by atomic mass is 32.1. The number of hydrogen-bond donors (Lipinski definition) is 2. The maximum atomic E-state index is 16.7. The van der Waals surface area contributed by atoms with Crippen molar-refractivity contribution < 1.29 is 42.1 Å². The summed E-state index contributed by atoms with van der Waals surface area (Å²) in [6.07, 6.45) is 10.2. The maximum Gasteiger partial charge on any atom is 0.355 e. The van der Waals surface area contributed by atoms with Gasteiger partial charge in [0.05, 0.1) is 24.7 Å². The highest BCUT2D eigenvalue weighted by Crippen LogP contribution is 2.58. The van der Waals surface area contributed by atoms with Gasteiger partial charge in [-0.15, -0.1) is 11.3 Å². The number of para-hydroxylation sites is 1. The molecule has 2 N–H and O–H groups in total. The van der Waals surface area contributed by atoms with Gasteiger partial charge in [-0.05, 0) is 118 Å². The van der Waals surface area contributed by atoms with E-state index in [1.54, 1.807) is 48.7 Å². The normalized spacial score (nSPS) is 26.1. The van der Waals surface area contributed by atoms with E-state index in [4.69, 9.17) is 14.0 Å². The molecule has 8 atom stereocenters. The molecule has 65 heavy (non-hydrogen) atoms. The molecule has 1 saturated carbocycles. The van der Waals surface area contributed by atoms with Crippen LogP contribution in [0.3, 0.4) is 0 Å². The first kappa shape index (κ1) is 45.4. The molecule has 14 nitrogen and oxygen atoms in total. The molecule has 2 aromatic heterocycles. The number of thiophene rings is 1. The molecular formula is C48H58FN6O8PS. The summed E-state index contributed by atoms with van der Waals surface area (Å²) >= 11 is 1.20. The highest BCUT2D eigenvalue weighted by Gasteiger charge is 2.59. The molecule has 1 spiro atoms. The fourth-order valence-electron chi connectivity index (χ4n) is 10.4. The first-order valence-corrected chi connectivity index (χ1v) is 25.6. The van der Waals surface area contributed by atoms with Gasteiger partial charge in [-0.2, -0.15) is 0 Å². The number of nitrogens with one attached hydrogen (secondary N) is 2. The SMILES string of the molecule is CCCOC(=O)[C@H](C)N[P@](=O)(Oc1ccccc1)[C@@H](F)c1ccc2sc(C(=O)N[C@H]3CC[C@H](N4CCOCC4)C[C@H]4CC[C@@H](C(=O)N5C[C@@H](c6cccnc6)CC56CC6)N4C3=O)cc2c1. The topological polar surface area (TPSA) is 160 Å². The molecular weight excluding hydrogens is 871 g/mol. The standard InChI is InChI=1S/C48H58FN6O8PS/c1-3-22-62-47(59)31(2)52-64(60,63-38-9-5-4-6-10-38)43(49)32-11-16-41-34(25-32)26-42(65-41)44(56)51-39-14-12-36(53-20-23-61-24-21-53)27-37-13-15-40(55(37)45(39)57)46(58)54-30-35(28-48(54)17-18-48)33-8-7-19-50-29-33/h4-11,16,19,25-26,29,31,35-37,39-40,43H,3,12-15,17-18,20-24,27-28,30H2,1-2H3,(H,51,56)(H,52,60)/t31-,35-,36-,37+,39-,40-,43+,64+/m0/s1. The van der Waals surface area contributed by atoms with E-state index < -0.39 is 43.4 Å². The van der Waals surface area contributed by atoms with Gasteiger partial charge < -0.3 is 29.1 Å². The quantitative estimate of drug-likeness (QED) is 0.0962. The number of aromatic nitrogens is 1. The van der Waals surface area contributed by atoms with Crippen molar-refractivity contribution >= 4 is 52.6 Å². The van der Waals surface area contributed by atoms with Crippen LogP contribution < -0.4 is 14.9 Å². The van der Waals surface area contributed by atoms with Crippen LogP contribution in [0.4, 0.5) is 4.39 Å². The lowest BCUT2D eigenvalue weighted by molar-refractivity contribution is -0.148. The van der Waals surface area contributed by atoms with Crippen LogP contribution in [0.2, 0.25) is 0 Å². The third-order valence-electron chi connectivity index (χ3n) is 13.9. The number of hydrogen-bond acceptors (Lipinski definition) is 11. The number of alkyl halides is 1. The molecule has 0 radical (unpaired) electrons. The highest BCUT2D eigenvalue weighted by molar-refractivity contribution is 7.57. The Hall–Kier alpha value is -4.73. The minimum Gasteiger partial charge on any atom is -0.465 e. The van der Waals surface area contributed by atoms with Crippen molar-refractivity contribution in [3.8, 4) is 5.75 Å². The van der Waals surface area contributed by atoms with Gasteiger partial charge in [0, 0.05) is 60.3 Å². The van der Waals surface area contributed by atoms with E-state index in [2.05, 4.69) is 31.3 Å². The van der Waals surface area contributed by atoms with Crippen molar-refractivity contribution in [1.29, 1.82) is 0 Å². The second-order valence-electron chi connectivity index (χ2n) is 18.3. The molecule has 4 aliphatic heterocycles. The third-order valence-corrected chi connectivity index (χ3v) is 17.1. The third kappa shape index (κ3) is 9.60. The van der Waals surface area contributed by atoms with Gasteiger partial charge in [0.2, 0.25) is 17.7 Å². The van der Waals surface area contributed by atoms with Crippen LogP contribution in [0.25, 0.3) is 10.1 Å². The average molecular weight is 929 g/mol. The summed E-state index contributed by atoms with van der Waals surface area (Å²) in [5.74, 6) is -3.21. The van der Waals surface area contributed by atoms with Crippen molar-refractivity contribution in [2.24, 2.45) is 0 Å². The van der Waals surface area contributed by atoms with Crippen molar-refractivity contribution in [3.05, 3.63) is 95.1 Å². The number of esters is 1. The average Bonchev–Trinajstić information content (AvgIpc) is 3.60. The molecule has 6 heterocycles. The Morgan fingerprint density at radius 3 is 2.54 bits per heavy atom. The van der Waals surface area contributed by atoms with Crippen LogP contribution in [0.1, 0.15) is 104 Å². The molecule has 4 saturated heterocycles. The number of amides is 3. The Labute approximate surface area is 383 Å². The Bertz CT molecular complexity index is 2420. The van der Waals surface area contributed by atoms with Crippen molar-refractivity contribution in [2.75, 3.05) is 39.5 Å². The zero-order chi connectivity index (χ0) is 45.3. The number of ether oxygens (including phenoxy) is 2. The van der Waals surface area contributed by atoms with E-state index in [0.717, 1.165) is 44.3 Å². The molecule has 5 aliphatic rings. The molecule has 5 fully saturated rings. The monoisotopic (exact) mass is 928 g/mol. The molecule has 346 valence electrons. The predicted octanol–water partition coefficient (Wildman–Crippen LogP) is 7.36. The zero-order valence-corrected chi connectivity index (χ0v) is 38.7. The van der Waals surface area contributed by atoms with Crippen molar-refractivity contribution in [3.63, 3.8) is 0 Å². The van der Waals surface area contributed by atoms with Gasteiger partial charge in [-0.25, -0.2) is 9.48 Å². The zero-order valence-electron chi connectivity index (χ0n) is 36.9. The minimum atomic E-state index is -4.47. The lowest BCUT2D eigenvalue weighted by atomic mass is 9.93. The number of pyridine rings is 1. The summed E-state index contributed by atoms with van der Waals surface area (Å²) in [6, 6.07) is 15.9. The van der Waals surface area contributed by atoms with Crippen molar-refractivity contribution in [1.82, 2.24) is 30.1 Å². The Morgan fingerprint density at radius 1 is 1.02 bits per heavy atom. The number of halogens is 1.